The zero-order valence-corrected chi connectivity index (χ0v) is 15.9. The van der Waals surface area contributed by atoms with Crippen molar-refractivity contribution >= 4 is 34.2 Å². The second-order valence-corrected chi connectivity index (χ2v) is 8.27. The van der Waals surface area contributed by atoms with Gasteiger partial charge in [-0.1, -0.05) is 0 Å². The number of anilines is 1. The molecule has 2 aliphatic rings. The van der Waals surface area contributed by atoms with E-state index < -0.39 is 0 Å². The first-order valence-electron chi connectivity index (χ1n) is 8.59. The molecule has 0 bridgehead atoms. The average Bonchev–Trinajstić information content (AvgIpc) is 3.22. The van der Waals surface area contributed by atoms with Gasteiger partial charge in [0.05, 0.1) is 3.57 Å². The third-order valence-electron chi connectivity index (χ3n) is 5.88. The zero-order chi connectivity index (χ0) is 17.0. The number of fused-ring (bicyclic) bond motifs is 2. The van der Waals surface area contributed by atoms with Crippen molar-refractivity contribution in [2.24, 2.45) is 11.1 Å². The minimum absolute atomic E-state index is 0.116. The van der Waals surface area contributed by atoms with Crippen molar-refractivity contribution in [3.05, 3.63) is 51.7 Å². The van der Waals surface area contributed by atoms with Crippen LogP contribution in [0, 0.1) is 8.99 Å². The van der Waals surface area contributed by atoms with Gasteiger partial charge in [0.15, 0.2) is 5.65 Å². The highest BCUT2D eigenvalue weighted by molar-refractivity contribution is 14.1. The van der Waals surface area contributed by atoms with Crippen molar-refractivity contribution < 1.29 is 0 Å². The summed E-state index contributed by atoms with van der Waals surface area (Å²) < 4.78 is 3.16. The van der Waals surface area contributed by atoms with Gasteiger partial charge >= 0.3 is 0 Å². The van der Waals surface area contributed by atoms with Crippen LogP contribution in [0.1, 0.15) is 30.0 Å². The van der Waals surface area contributed by atoms with E-state index in [9.17, 15) is 0 Å². The first kappa shape index (κ1) is 15.5. The van der Waals surface area contributed by atoms with Gasteiger partial charge in [0.25, 0.3) is 0 Å². The van der Waals surface area contributed by atoms with Gasteiger partial charge in [0.2, 0.25) is 5.95 Å². The summed E-state index contributed by atoms with van der Waals surface area (Å²) in [6.45, 7) is 1.94. The van der Waals surface area contributed by atoms with E-state index in [0.29, 0.717) is 0 Å². The number of hydrogen-bond donors (Lipinski definition) is 1. The summed E-state index contributed by atoms with van der Waals surface area (Å²) in [7, 11) is 0. The van der Waals surface area contributed by atoms with Crippen molar-refractivity contribution in [3.63, 3.8) is 0 Å². The van der Waals surface area contributed by atoms with Gasteiger partial charge in [0, 0.05) is 50.1 Å². The lowest BCUT2D eigenvalue weighted by molar-refractivity contribution is 0.186. The average molecular weight is 446 g/mol. The first-order chi connectivity index (χ1) is 12.2. The van der Waals surface area contributed by atoms with Crippen LogP contribution in [0.4, 0.5) is 5.95 Å². The SMILES string of the molecule is N[C@@H]1c2ccncc2CC12CCN(c1ncc(I)c3nccn13)CC2. The number of imidazole rings is 1. The monoisotopic (exact) mass is 446 g/mol. The fraction of sp³-hybridized carbons (Fsp3) is 0.389. The normalized spacial score (nSPS) is 21.8. The molecule has 0 unspecified atom stereocenters. The number of nitrogens with two attached hydrogens (primary N) is 1. The summed E-state index contributed by atoms with van der Waals surface area (Å²) in [5.74, 6) is 0.980. The van der Waals surface area contributed by atoms with Crippen molar-refractivity contribution in [3.8, 4) is 0 Å². The number of aromatic nitrogens is 4. The van der Waals surface area contributed by atoms with Gasteiger partial charge < -0.3 is 10.6 Å². The Hall–Kier alpha value is -1.74. The van der Waals surface area contributed by atoms with Gasteiger partial charge in [-0.05, 0) is 64.5 Å². The Morgan fingerprint density at radius 1 is 1.16 bits per heavy atom. The molecule has 5 rings (SSSR count). The molecule has 1 fully saturated rings. The maximum absolute atomic E-state index is 6.66. The lowest BCUT2D eigenvalue weighted by atomic mass is 9.73. The van der Waals surface area contributed by atoms with Crippen LogP contribution in [0.3, 0.4) is 0 Å². The Morgan fingerprint density at radius 3 is 2.80 bits per heavy atom. The third kappa shape index (κ3) is 2.28. The maximum Gasteiger partial charge on any atom is 0.211 e. The molecule has 3 aromatic rings. The molecule has 1 aliphatic heterocycles. The van der Waals surface area contributed by atoms with Crippen LogP contribution < -0.4 is 10.6 Å². The largest absolute Gasteiger partial charge is 0.342 e. The topological polar surface area (TPSA) is 72.3 Å². The van der Waals surface area contributed by atoms with E-state index in [0.717, 1.165) is 47.5 Å². The molecular formula is C18H19IN6. The van der Waals surface area contributed by atoms with Crippen LogP contribution in [0.25, 0.3) is 5.65 Å². The summed E-state index contributed by atoms with van der Waals surface area (Å²) >= 11 is 2.28. The van der Waals surface area contributed by atoms with Crippen LogP contribution in [0.15, 0.2) is 37.1 Å². The molecule has 0 radical (unpaired) electrons. The number of hydrogen-bond acceptors (Lipinski definition) is 5. The molecule has 0 saturated carbocycles. The Kier molecular flexibility index (Phi) is 3.50. The number of halogens is 1. The maximum atomic E-state index is 6.66. The second kappa shape index (κ2) is 5.63. The third-order valence-corrected chi connectivity index (χ3v) is 6.64. The van der Waals surface area contributed by atoms with Crippen LogP contribution in [-0.4, -0.2) is 32.4 Å². The number of nitrogens with zero attached hydrogens (tertiary/aromatic N) is 5. The molecule has 3 aromatic heterocycles. The summed E-state index contributed by atoms with van der Waals surface area (Å²) in [6, 6.07) is 2.21. The summed E-state index contributed by atoms with van der Waals surface area (Å²) in [5.41, 5.74) is 10.4. The highest BCUT2D eigenvalue weighted by Crippen LogP contribution is 2.50. The number of rotatable bonds is 1. The van der Waals surface area contributed by atoms with Gasteiger partial charge in [-0.15, -0.1) is 0 Å². The van der Waals surface area contributed by atoms with Gasteiger partial charge in [0.1, 0.15) is 0 Å². The Bertz CT molecular complexity index is 944. The lowest BCUT2D eigenvalue weighted by Gasteiger charge is -2.42. The predicted octanol–water partition coefficient (Wildman–Crippen LogP) is 2.57. The summed E-state index contributed by atoms with van der Waals surface area (Å²) in [5, 5.41) is 0. The minimum Gasteiger partial charge on any atom is -0.342 e. The smallest absolute Gasteiger partial charge is 0.211 e. The highest BCUT2D eigenvalue weighted by atomic mass is 127. The van der Waals surface area contributed by atoms with Crippen LogP contribution in [0.2, 0.25) is 0 Å². The molecule has 1 aliphatic carbocycles. The minimum atomic E-state index is 0.116. The van der Waals surface area contributed by atoms with Gasteiger partial charge in [-0.3, -0.25) is 9.38 Å². The lowest BCUT2D eigenvalue weighted by Crippen LogP contribution is -2.45. The van der Waals surface area contributed by atoms with E-state index in [2.05, 4.69) is 52.9 Å². The van der Waals surface area contributed by atoms with E-state index >= 15 is 0 Å². The standard InChI is InChI=1S/C18H19IN6/c19-14-11-23-17(25-8-5-22-16(14)25)24-6-2-18(3-7-24)9-12-10-21-4-1-13(12)15(18)20/h1,4-5,8,10-11,15H,2-3,6-7,9,20H2/t15-/m1/s1. The van der Waals surface area contributed by atoms with Crippen LogP contribution >= 0.6 is 22.6 Å². The van der Waals surface area contributed by atoms with E-state index in [1.54, 1.807) is 0 Å². The molecule has 4 heterocycles. The zero-order valence-electron chi connectivity index (χ0n) is 13.8. The van der Waals surface area contributed by atoms with Crippen molar-refractivity contribution in [1.29, 1.82) is 0 Å². The molecule has 6 nitrogen and oxygen atoms in total. The first-order valence-corrected chi connectivity index (χ1v) is 9.67. The predicted molar refractivity (Wildman–Crippen MR) is 104 cm³/mol. The molecule has 1 atom stereocenters. The molecule has 0 aromatic carbocycles. The van der Waals surface area contributed by atoms with Crippen molar-refractivity contribution in [2.45, 2.75) is 25.3 Å². The molecule has 25 heavy (non-hydrogen) atoms. The molecule has 2 N–H and O–H groups in total. The summed E-state index contributed by atoms with van der Waals surface area (Å²) in [4.78, 5) is 15.8. The Morgan fingerprint density at radius 2 is 2.00 bits per heavy atom. The highest BCUT2D eigenvalue weighted by Gasteiger charge is 2.46. The molecule has 7 heteroatoms. The van der Waals surface area contributed by atoms with Gasteiger partial charge in [-0.25, -0.2) is 9.97 Å². The fourth-order valence-electron chi connectivity index (χ4n) is 4.46. The van der Waals surface area contributed by atoms with E-state index in [4.69, 9.17) is 5.73 Å². The molecule has 1 saturated heterocycles. The number of pyridine rings is 1. The van der Waals surface area contributed by atoms with E-state index in [1.165, 1.54) is 11.1 Å². The molecule has 0 amide bonds. The molecule has 128 valence electrons. The number of piperidine rings is 1. The Labute approximate surface area is 159 Å². The van der Waals surface area contributed by atoms with Gasteiger partial charge in [-0.2, -0.15) is 0 Å². The fourth-order valence-corrected chi connectivity index (χ4v) is 5.00. The van der Waals surface area contributed by atoms with Crippen molar-refractivity contribution in [1.82, 2.24) is 19.4 Å². The van der Waals surface area contributed by atoms with E-state index in [-0.39, 0.29) is 11.5 Å². The van der Waals surface area contributed by atoms with E-state index in [1.807, 2.05) is 31.0 Å². The summed E-state index contributed by atoms with van der Waals surface area (Å²) in [6.07, 6.45) is 12.8. The second-order valence-electron chi connectivity index (χ2n) is 7.11. The Balaban J connectivity index is 1.42. The van der Waals surface area contributed by atoms with Crippen molar-refractivity contribution in [2.75, 3.05) is 18.0 Å². The van der Waals surface area contributed by atoms with Crippen LogP contribution in [-0.2, 0) is 6.42 Å². The molecule has 1 spiro atoms. The quantitative estimate of drug-likeness (QED) is 0.582. The van der Waals surface area contributed by atoms with Crippen LogP contribution in [0.5, 0.6) is 0 Å². The molecular weight excluding hydrogens is 427 g/mol.